The zero-order chi connectivity index (χ0) is 71.1. The quantitative estimate of drug-likeness (QED) is 0.0211. The summed E-state index contributed by atoms with van der Waals surface area (Å²) in [6.45, 7) is 4.33. The van der Waals surface area contributed by atoms with Gasteiger partial charge in [-0.05, 0) is 116 Å². The molecule has 0 aromatic heterocycles. The molecule has 0 aromatic rings. The van der Waals surface area contributed by atoms with Gasteiger partial charge in [-0.25, -0.2) is 4.57 Å². The number of hydrogen-bond donors (Lipinski definition) is 1. The summed E-state index contributed by atoms with van der Waals surface area (Å²) < 4.78 is 34.8. The highest BCUT2D eigenvalue weighted by molar-refractivity contribution is 7.47. The number of phosphoric ester groups is 1. The van der Waals surface area contributed by atoms with Crippen LogP contribution in [0, 0.1) is 0 Å². The Balaban J connectivity index is 3.98. The van der Waals surface area contributed by atoms with Gasteiger partial charge in [0.2, 0.25) is 0 Å². The van der Waals surface area contributed by atoms with E-state index in [1.807, 2.05) is 21.1 Å². The van der Waals surface area contributed by atoms with Crippen molar-refractivity contribution in [1.82, 2.24) is 0 Å². The van der Waals surface area contributed by atoms with Gasteiger partial charge in [0.05, 0.1) is 27.7 Å². The molecule has 0 spiro atoms. The molecule has 0 aliphatic carbocycles. The molecule has 0 heterocycles. The van der Waals surface area contributed by atoms with Gasteiger partial charge in [0.25, 0.3) is 0 Å². The van der Waals surface area contributed by atoms with Crippen LogP contribution in [-0.4, -0.2) is 74.9 Å². The summed E-state index contributed by atoms with van der Waals surface area (Å²) >= 11 is 0. The summed E-state index contributed by atoms with van der Waals surface area (Å²) in [4.78, 5) is 36.0. The Morgan fingerprint density at radius 2 is 0.582 bits per heavy atom. The van der Waals surface area contributed by atoms with E-state index in [0.29, 0.717) is 17.4 Å². The number of hydrogen-bond acceptors (Lipinski definition) is 7. The lowest BCUT2D eigenvalue weighted by Gasteiger charge is -2.24. The first-order valence-corrected chi connectivity index (χ1v) is 42.4. The minimum atomic E-state index is -4.40. The molecular weight excluding hydrogens is 1230 g/mol. The Morgan fingerprint density at radius 1 is 0.327 bits per heavy atom. The second-order valence-corrected chi connectivity index (χ2v) is 29.9. The highest BCUT2D eigenvalue weighted by atomic mass is 31.2. The van der Waals surface area contributed by atoms with Crippen LogP contribution in [0.25, 0.3) is 0 Å². The SMILES string of the molecule is CC/C=C\C/C=C\C/C=C\C/C=C\C/C=C\C/C=C\C/C=C\C/C=C\CCCCCCCCCCCCC(=O)OC(COC(=O)CCCCCCCCCCCCCCCCCCCCCCCCCC/C=C\C/C=C\C/C=C\CCCCCCC)COP(=O)(O)OCC[N+](C)(C)C. The molecule has 0 radical (unpaired) electrons. The Morgan fingerprint density at radius 3 is 0.867 bits per heavy atom. The molecule has 10 heteroatoms. The maximum atomic E-state index is 12.9. The van der Waals surface area contributed by atoms with Crippen LogP contribution in [0.2, 0.25) is 0 Å². The molecule has 0 aliphatic rings. The van der Waals surface area contributed by atoms with Crippen molar-refractivity contribution in [2.24, 2.45) is 0 Å². The average Bonchev–Trinajstić information content (AvgIpc) is 1.08. The molecule has 564 valence electrons. The van der Waals surface area contributed by atoms with E-state index in [2.05, 4.69) is 148 Å². The van der Waals surface area contributed by atoms with E-state index in [0.717, 1.165) is 109 Å². The lowest BCUT2D eigenvalue weighted by molar-refractivity contribution is -0.870. The van der Waals surface area contributed by atoms with Crippen molar-refractivity contribution in [3.8, 4) is 0 Å². The summed E-state index contributed by atoms with van der Waals surface area (Å²) in [7, 11) is 1.47. The molecule has 98 heavy (non-hydrogen) atoms. The van der Waals surface area contributed by atoms with Crippen LogP contribution in [0.5, 0.6) is 0 Å². The van der Waals surface area contributed by atoms with E-state index in [9.17, 15) is 19.0 Å². The first-order valence-electron chi connectivity index (χ1n) is 40.9. The van der Waals surface area contributed by atoms with Crippen molar-refractivity contribution >= 4 is 19.8 Å². The summed E-state index contributed by atoms with van der Waals surface area (Å²) in [6.07, 6.45) is 113. The molecule has 0 bridgehead atoms. The fourth-order valence-corrected chi connectivity index (χ4v) is 12.2. The van der Waals surface area contributed by atoms with Crippen LogP contribution < -0.4 is 0 Å². The highest BCUT2D eigenvalue weighted by Crippen LogP contribution is 2.43. The van der Waals surface area contributed by atoms with Gasteiger partial charge >= 0.3 is 19.8 Å². The fourth-order valence-electron chi connectivity index (χ4n) is 11.5. The summed E-state index contributed by atoms with van der Waals surface area (Å²) in [5.41, 5.74) is 0. The standard InChI is InChI=1S/C88H154NO8P/c1-6-8-10-12-14-16-18-20-22-24-26-28-30-32-34-36-38-40-42-43-44-45-47-48-50-52-54-56-58-60-62-64-66-68-70-72-74-76-78-80-87(90)94-84-86(85-96-98(92,93)95-83-82-89(3,4)5)97-88(91)81-79-77-75-73-71-69-67-65-63-61-59-57-55-53-51-49-46-41-39-37-35-33-31-29-27-25-23-21-19-17-15-13-11-9-7-2/h9,11,15,17-18,20-21,23-24,26-27,29-30,32-33,35,39,41,49,51,55,57,86H,6-8,10,12-14,16,19,22,25,28,31,34,36-38,40,42-48,50,52-54,56,58-85H2,1-5H3/p+1/b11-9-,17-15-,20-18-,23-21-,26-24-,29-27-,32-30-,35-33-,41-39-,51-49-,57-55-. The largest absolute Gasteiger partial charge is 0.472 e. The van der Waals surface area contributed by atoms with Crippen LogP contribution in [0.15, 0.2) is 134 Å². The van der Waals surface area contributed by atoms with Crippen molar-refractivity contribution in [3.63, 3.8) is 0 Å². The van der Waals surface area contributed by atoms with Crippen LogP contribution in [0.4, 0.5) is 0 Å². The van der Waals surface area contributed by atoms with E-state index in [4.69, 9.17) is 18.5 Å². The van der Waals surface area contributed by atoms with Gasteiger partial charge in [-0.3, -0.25) is 18.6 Å². The highest BCUT2D eigenvalue weighted by Gasteiger charge is 2.27. The van der Waals surface area contributed by atoms with Crippen molar-refractivity contribution in [2.75, 3.05) is 47.5 Å². The van der Waals surface area contributed by atoms with E-state index in [1.165, 1.54) is 218 Å². The van der Waals surface area contributed by atoms with Crippen molar-refractivity contribution in [1.29, 1.82) is 0 Å². The third-order valence-electron chi connectivity index (χ3n) is 17.7. The number of allylic oxidation sites excluding steroid dienone is 22. The topological polar surface area (TPSA) is 108 Å². The zero-order valence-electron chi connectivity index (χ0n) is 64.5. The van der Waals surface area contributed by atoms with Gasteiger partial charge in [-0.2, -0.15) is 0 Å². The first-order chi connectivity index (χ1) is 48.0. The molecule has 0 aliphatic heterocycles. The third kappa shape index (κ3) is 81.1. The summed E-state index contributed by atoms with van der Waals surface area (Å²) in [5, 5.41) is 0. The zero-order valence-corrected chi connectivity index (χ0v) is 65.4. The molecule has 0 rings (SSSR count). The predicted molar refractivity (Wildman–Crippen MR) is 427 cm³/mol. The van der Waals surface area contributed by atoms with Crippen LogP contribution >= 0.6 is 7.82 Å². The monoisotopic (exact) mass is 1390 g/mol. The Kier molecular flexibility index (Phi) is 74.3. The van der Waals surface area contributed by atoms with Gasteiger partial charge in [0, 0.05) is 12.8 Å². The van der Waals surface area contributed by atoms with Gasteiger partial charge in [0.15, 0.2) is 6.10 Å². The Hall–Kier alpha value is -3.85. The molecule has 1 N–H and O–H groups in total. The van der Waals surface area contributed by atoms with Crippen LogP contribution in [0.1, 0.15) is 361 Å². The van der Waals surface area contributed by atoms with Crippen LogP contribution in [-0.2, 0) is 32.7 Å². The van der Waals surface area contributed by atoms with Gasteiger partial charge < -0.3 is 18.9 Å². The number of quaternary nitrogens is 1. The Bertz CT molecular complexity index is 2120. The first kappa shape index (κ1) is 94.2. The Labute approximate surface area is 606 Å². The van der Waals surface area contributed by atoms with E-state index in [1.54, 1.807) is 0 Å². The van der Waals surface area contributed by atoms with E-state index in [-0.39, 0.29) is 32.0 Å². The molecule has 9 nitrogen and oxygen atoms in total. The molecule has 0 amide bonds. The number of rotatable bonds is 75. The minimum Gasteiger partial charge on any atom is -0.462 e. The van der Waals surface area contributed by atoms with Crippen molar-refractivity contribution < 1.29 is 42.1 Å². The summed E-state index contributed by atoms with van der Waals surface area (Å²) in [6, 6.07) is 0. The number of carbonyl (C=O) groups is 2. The molecule has 0 saturated heterocycles. The second-order valence-electron chi connectivity index (χ2n) is 28.4. The van der Waals surface area contributed by atoms with Crippen molar-refractivity contribution in [2.45, 2.75) is 367 Å². The van der Waals surface area contributed by atoms with E-state index >= 15 is 0 Å². The minimum absolute atomic E-state index is 0.0269. The van der Waals surface area contributed by atoms with E-state index < -0.39 is 26.5 Å². The summed E-state index contributed by atoms with van der Waals surface area (Å²) in [5.74, 6) is -0.794. The molecule has 0 aromatic carbocycles. The third-order valence-corrected chi connectivity index (χ3v) is 18.6. The fraction of sp³-hybridized carbons (Fsp3) is 0.727. The predicted octanol–water partition coefficient (Wildman–Crippen LogP) is 27.5. The number of carbonyl (C=O) groups excluding carboxylic acids is 2. The molecular formula is C88H155NO8P+. The average molecular weight is 1390 g/mol. The number of phosphoric acid groups is 1. The number of likely N-dealkylation sites (N-methyl/N-ethyl adjacent to an activating group) is 1. The van der Waals surface area contributed by atoms with Crippen molar-refractivity contribution in [3.05, 3.63) is 134 Å². The normalized spacial score (nSPS) is 13.7. The second kappa shape index (κ2) is 77.3. The lowest BCUT2D eigenvalue weighted by Crippen LogP contribution is -2.37. The number of esters is 2. The lowest BCUT2D eigenvalue weighted by atomic mass is 10.0. The van der Waals surface area contributed by atoms with Gasteiger partial charge in [0.1, 0.15) is 19.8 Å². The number of ether oxygens (including phenoxy) is 2. The molecule has 2 atom stereocenters. The molecule has 0 fully saturated rings. The van der Waals surface area contributed by atoms with Gasteiger partial charge in [-0.1, -0.05) is 366 Å². The molecule has 0 saturated carbocycles. The maximum absolute atomic E-state index is 12.9. The number of nitrogens with zero attached hydrogens (tertiary/aromatic N) is 1. The maximum Gasteiger partial charge on any atom is 0.472 e. The number of unbranched alkanes of at least 4 members (excludes halogenated alkanes) is 39. The molecule has 2 unspecified atom stereocenters. The van der Waals surface area contributed by atoms with Crippen LogP contribution in [0.3, 0.4) is 0 Å². The van der Waals surface area contributed by atoms with Gasteiger partial charge in [-0.15, -0.1) is 0 Å². The smallest absolute Gasteiger partial charge is 0.462 e.